The van der Waals surface area contributed by atoms with Crippen LogP contribution in [0.25, 0.3) is 0 Å². The summed E-state index contributed by atoms with van der Waals surface area (Å²) in [5, 5.41) is 1.74. The second-order valence-electron chi connectivity index (χ2n) is 4.66. The zero-order chi connectivity index (χ0) is 12.4. The van der Waals surface area contributed by atoms with E-state index in [-0.39, 0.29) is 5.41 Å². The first-order chi connectivity index (χ1) is 8.14. The van der Waals surface area contributed by atoms with Crippen LogP contribution in [0.1, 0.15) is 12.5 Å². The molecule has 0 unspecified atom stereocenters. The fraction of sp³-hybridized carbons (Fsp3) is 0.538. The van der Waals surface area contributed by atoms with Gasteiger partial charge >= 0.3 is 0 Å². The van der Waals surface area contributed by atoms with Crippen molar-refractivity contribution >= 4 is 31.9 Å². The molecule has 94 valence electrons. The van der Waals surface area contributed by atoms with E-state index in [1.54, 1.807) is 0 Å². The molecule has 1 aromatic rings. The van der Waals surface area contributed by atoms with E-state index in [0.29, 0.717) is 13.2 Å². The van der Waals surface area contributed by atoms with Gasteiger partial charge in [0.1, 0.15) is 0 Å². The molecular formula is C13H16Br2O2. The lowest BCUT2D eigenvalue weighted by atomic mass is 9.93. The summed E-state index contributed by atoms with van der Waals surface area (Å²) >= 11 is 7.06. The second-order valence-corrected chi connectivity index (χ2v) is 5.78. The molecule has 0 radical (unpaired) electrons. The molecule has 0 saturated carbocycles. The largest absolute Gasteiger partial charge is 0.345 e. The van der Waals surface area contributed by atoms with Gasteiger partial charge in [0.15, 0.2) is 5.79 Å². The molecule has 1 saturated heterocycles. The number of alkyl halides is 2. The molecule has 0 bridgehead atoms. The first-order valence-corrected chi connectivity index (χ1v) is 7.84. The van der Waals surface area contributed by atoms with Crippen LogP contribution >= 0.6 is 31.9 Å². The van der Waals surface area contributed by atoms with Gasteiger partial charge in [0.2, 0.25) is 0 Å². The smallest absolute Gasteiger partial charge is 0.191 e. The van der Waals surface area contributed by atoms with Crippen LogP contribution in [0.4, 0.5) is 0 Å². The van der Waals surface area contributed by atoms with Crippen LogP contribution < -0.4 is 0 Å². The molecule has 1 aromatic carbocycles. The summed E-state index contributed by atoms with van der Waals surface area (Å²) in [5.41, 5.74) is 1.10. The Morgan fingerprint density at radius 1 is 1.06 bits per heavy atom. The van der Waals surface area contributed by atoms with Crippen LogP contribution in [-0.4, -0.2) is 23.9 Å². The van der Waals surface area contributed by atoms with E-state index >= 15 is 0 Å². The van der Waals surface area contributed by atoms with E-state index in [1.807, 2.05) is 37.3 Å². The van der Waals surface area contributed by atoms with Gasteiger partial charge < -0.3 is 9.47 Å². The third-order valence-corrected chi connectivity index (χ3v) is 5.55. The van der Waals surface area contributed by atoms with Gasteiger partial charge in [-0.05, 0) is 6.92 Å². The first-order valence-electron chi connectivity index (χ1n) is 5.60. The van der Waals surface area contributed by atoms with Crippen LogP contribution in [0.15, 0.2) is 30.3 Å². The van der Waals surface area contributed by atoms with Gasteiger partial charge in [0.25, 0.3) is 0 Å². The monoisotopic (exact) mass is 362 g/mol. The topological polar surface area (TPSA) is 18.5 Å². The SMILES string of the molecule is CC1(c2ccccc2)OCC(CBr)(CBr)CO1. The molecule has 1 heterocycles. The maximum atomic E-state index is 5.97. The number of rotatable bonds is 3. The molecule has 17 heavy (non-hydrogen) atoms. The fourth-order valence-corrected chi connectivity index (χ4v) is 3.34. The van der Waals surface area contributed by atoms with Crippen LogP contribution in [-0.2, 0) is 15.3 Å². The number of benzene rings is 1. The molecule has 0 amide bonds. The van der Waals surface area contributed by atoms with E-state index in [2.05, 4.69) is 31.9 Å². The Hall–Kier alpha value is 0.1000. The van der Waals surface area contributed by atoms with Crippen molar-refractivity contribution < 1.29 is 9.47 Å². The molecule has 0 aromatic heterocycles. The van der Waals surface area contributed by atoms with Gasteiger partial charge in [-0.2, -0.15) is 0 Å². The summed E-state index contributed by atoms with van der Waals surface area (Å²) in [4.78, 5) is 0. The summed E-state index contributed by atoms with van der Waals surface area (Å²) in [5.74, 6) is -0.616. The van der Waals surface area contributed by atoms with Crippen molar-refractivity contribution in [2.45, 2.75) is 12.7 Å². The normalized spacial score (nSPS) is 22.3. The quantitative estimate of drug-likeness (QED) is 0.762. The minimum absolute atomic E-state index is 0.0360. The third-order valence-electron chi connectivity index (χ3n) is 3.17. The lowest BCUT2D eigenvalue weighted by Crippen LogP contribution is -2.48. The molecule has 2 rings (SSSR count). The van der Waals surface area contributed by atoms with E-state index in [4.69, 9.17) is 9.47 Å². The number of ether oxygens (including phenoxy) is 2. The Morgan fingerprint density at radius 3 is 2.06 bits per heavy atom. The Bertz CT molecular complexity index is 353. The molecule has 0 aliphatic carbocycles. The molecule has 0 N–H and O–H groups in total. The minimum Gasteiger partial charge on any atom is -0.345 e. The summed E-state index contributed by atoms with van der Waals surface area (Å²) in [6.45, 7) is 3.36. The van der Waals surface area contributed by atoms with Gasteiger partial charge in [0, 0.05) is 21.6 Å². The van der Waals surface area contributed by atoms with Crippen molar-refractivity contribution in [1.29, 1.82) is 0 Å². The van der Waals surface area contributed by atoms with Gasteiger partial charge in [-0.15, -0.1) is 0 Å². The second kappa shape index (κ2) is 5.39. The van der Waals surface area contributed by atoms with Gasteiger partial charge in [-0.3, -0.25) is 0 Å². The highest BCUT2D eigenvalue weighted by Crippen LogP contribution is 2.38. The van der Waals surface area contributed by atoms with E-state index in [1.165, 1.54) is 0 Å². The molecule has 0 spiro atoms. The van der Waals surface area contributed by atoms with Crippen molar-refractivity contribution in [3.05, 3.63) is 35.9 Å². The molecule has 4 heteroatoms. The van der Waals surface area contributed by atoms with Crippen molar-refractivity contribution in [1.82, 2.24) is 0 Å². The molecule has 1 fully saturated rings. The predicted molar refractivity (Wildman–Crippen MR) is 75.7 cm³/mol. The first kappa shape index (κ1) is 13.5. The summed E-state index contributed by atoms with van der Waals surface area (Å²) in [6.07, 6.45) is 0. The van der Waals surface area contributed by atoms with Gasteiger partial charge in [-0.1, -0.05) is 62.2 Å². The van der Waals surface area contributed by atoms with Crippen molar-refractivity contribution in [2.75, 3.05) is 23.9 Å². The maximum Gasteiger partial charge on any atom is 0.191 e. The zero-order valence-electron chi connectivity index (χ0n) is 9.79. The van der Waals surface area contributed by atoms with Crippen LogP contribution in [0, 0.1) is 5.41 Å². The number of hydrogen-bond acceptors (Lipinski definition) is 2. The Labute approximate surface area is 119 Å². The Balaban J connectivity index is 2.12. The number of halogens is 2. The van der Waals surface area contributed by atoms with Crippen LogP contribution in [0.5, 0.6) is 0 Å². The minimum atomic E-state index is -0.616. The summed E-state index contributed by atoms with van der Waals surface area (Å²) < 4.78 is 11.9. The zero-order valence-corrected chi connectivity index (χ0v) is 13.0. The summed E-state index contributed by atoms with van der Waals surface area (Å²) in [6, 6.07) is 10.1. The van der Waals surface area contributed by atoms with Gasteiger partial charge in [-0.25, -0.2) is 0 Å². The molecule has 1 aliphatic rings. The predicted octanol–water partition coefficient (Wildman–Crippen LogP) is 3.68. The van der Waals surface area contributed by atoms with E-state index < -0.39 is 5.79 Å². The average Bonchev–Trinajstić information content (AvgIpc) is 2.41. The highest BCUT2D eigenvalue weighted by atomic mass is 79.9. The molecule has 2 nitrogen and oxygen atoms in total. The highest BCUT2D eigenvalue weighted by molar-refractivity contribution is 9.09. The van der Waals surface area contributed by atoms with Crippen LogP contribution in [0.2, 0.25) is 0 Å². The van der Waals surface area contributed by atoms with E-state index in [0.717, 1.165) is 16.2 Å². The number of hydrogen-bond donors (Lipinski definition) is 0. The summed E-state index contributed by atoms with van der Waals surface area (Å²) in [7, 11) is 0. The Morgan fingerprint density at radius 2 is 1.59 bits per heavy atom. The lowest BCUT2D eigenvalue weighted by molar-refractivity contribution is -0.296. The van der Waals surface area contributed by atoms with Crippen molar-refractivity contribution in [2.24, 2.45) is 5.41 Å². The standard InChI is InChI=1S/C13H16Br2O2/c1-12(11-5-3-2-4-6-11)16-9-13(7-14,8-15)10-17-12/h2-6H,7-10H2,1H3. The average molecular weight is 364 g/mol. The van der Waals surface area contributed by atoms with E-state index in [9.17, 15) is 0 Å². The molecular weight excluding hydrogens is 348 g/mol. The Kier molecular flexibility index (Phi) is 4.29. The van der Waals surface area contributed by atoms with Crippen molar-refractivity contribution in [3.8, 4) is 0 Å². The fourth-order valence-electron chi connectivity index (χ4n) is 1.76. The van der Waals surface area contributed by atoms with Crippen LogP contribution in [0.3, 0.4) is 0 Å². The molecule has 1 aliphatic heterocycles. The molecule has 0 atom stereocenters. The lowest BCUT2D eigenvalue weighted by Gasteiger charge is -2.43. The maximum absolute atomic E-state index is 5.97. The van der Waals surface area contributed by atoms with Crippen molar-refractivity contribution in [3.63, 3.8) is 0 Å². The third kappa shape index (κ3) is 2.75. The van der Waals surface area contributed by atoms with Gasteiger partial charge in [0.05, 0.1) is 13.2 Å². The highest BCUT2D eigenvalue weighted by Gasteiger charge is 2.42.